The Balaban J connectivity index is 1.62. The highest BCUT2D eigenvalue weighted by Gasteiger charge is 2.20. The van der Waals surface area contributed by atoms with Gasteiger partial charge in [-0.25, -0.2) is 0 Å². The lowest BCUT2D eigenvalue weighted by Gasteiger charge is -2.34. The molecule has 128 valence electrons. The smallest absolute Gasteiger partial charge is 0.170 e. The maximum absolute atomic E-state index is 5.34. The van der Waals surface area contributed by atoms with E-state index >= 15 is 0 Å². The van der Waals surface area contributed by atoms with Gasteiger partial charge in [-0.2, -0.15) is 0 Å². The molecule has 23 heavy (non-hydrogen) atoms. The van der Waals surface area contributed by atoms with Crippen molar-refractivity contribution in [1.82, 2.24) is 10.2 Å². The first kappa shape index (κ1) is 18.0. The fourth-order valence-electron chi connectivity index (χ4n) is 3.33. The quantitative estimate of drug-likeness (QED) is 0.616. The number of nitrogens with zero attached hydrogens (tertiary/aromatic N) is 1. The van der Waals surface area contributed by atoms with E-state index in [0.29, 0.717) is 5.11 Å². The molecule has 0 aromatic heterocycles. The van der Waals surface area contributed by atoms with Gasteiger partial charge in [-0.15, -0.1) is 0 Å². The highest BCUT2D eigenvalue weighted by molar-refractivity contribution is 7.80. The molecule has 2 N–H and O–H groups in total. The summed E-state index contributed by atoms with van der Waals surface area (Å²) in [5, 5.41) is 7.16. The number of piperidine rings is 1. The zero-order valence-electron chi connectivity index (χ0n) is 14.5. The van der Waals surface area contributed by atoms with E-state index in [-0.39, 0.29) is 0 Å². The first-order chi connectivity index (χ1) is 11.1. The minimum atomic E-state index is 0.676. The van der Waals surface area contributed by atoms with Gasteiger partial charge in [0.15, 0.2) is 5.11 Å². The van der Waals surface area contributed by atoms with Crippen LogP contribution in [0.15, 0.2) is 24.3 Å². The highest BCUT2D eigenvalue weighted by Crippen LogP contribution is 2.20. The SMILES string of the molecule is COc1ccc(NC(=S)NCCCN2CC(C)CC(C)C2)cc1. The van der Waals surface area contributed by atoms with Gasteiger partial charge in [0.25, 0.3) is 0 Å². The van der Waals surface area contributed by atoms with Crippen LogP contribution >= 0.6 is 12.2 Å². The lowest BCUT2D eigenvalue weighted by Crippen LogP contribution is -2.40. The Bertz CT molecular complexity index is 482. The van der Waals surface area contributed by atoms with Gasteiger partial charge in [-0.3, -0.25) is 0 Å². The summed E-state index contributed by atoms with van der Waals surface area (Å²) in [4.78, 5) is 2.58. The Kier molecular flexibility index (Phi) is 7.12. The first-order valence-electron chi connectivity index (χ1n) is 8.48. The molecular weight excluding hydrogens is 306 g/mol. The van der Waals surface area contributed by atoms with E-state index in [9.17, 15) is 0 Å². The van der Waals surface area contributed by atoms with Crippen molar-refractivity contribution < 1.29 is 4.74 Å². The maximum atomic E-state index is 5.34. The summed E-state index contributed by atoms with van der Waals surface area (Å²) in [6, 6.07) is 7.76. The molecule has 2 unspecified atom stereocenters. The minimum Gasteiger partial charge on any atom is -0.497 e. The number of ether oxygens (including phenoxy) is 1. The van der Waals surface area contributed by atoms with Crippen LogP contribution in [0.2, 0.25) is 0 Å². The molecule has 5 heteroatoms. The van der Waals surface area contributed by atoms with Crippen molar-refractivity contribution in [1.29, 1.82) is 0 Å². The summed E-state index contributed by atoms with van der Waals surface area (Å²) in [6.07, 6.45) is 2.48. The Morgan fingerprint density at radius 1 is 1.22 bits per heavy atom. The lowest BCUT2D eigenvalue weighted by molar-refractivity contribution is 0.140. The molecule has 2 rings (SSSR count). The number of hydrogen-bond acceptors (Lipinski definition) is 3. The number of anilines is 1. The van der Waals surface area contributed by atoms with Crippen molar-refractivity contribution in [3.63, 3.8) is 0 Å². The van der Waals surface area contributed by atoms with Crippen LogP contribution in [0.25, 0.3) is 0 Å². The molecule has 1 fully saturated rings. The monoisotopic (exact) mass is 335 g/mol. The summed E-state index contributed by atoms with van der Waals surface area (Å²) in [7, 11) is 1.67. The second-order valence-corrected chi connectivity index (χ2v) is 7.08. The van der Waals surface area contributed by atoms with E-state index in [0.717, 1.165) is 42.8 Å². The Hall–Kier alpha value is -1.33. The third kappa shape index (κ3) is 6.36. The van der Waals surface area contributed by atoms with E-state index < -0.39 is 0 Å². The Morgan fingerprint density at radius 2 is 1.87 bits per heavy atom. The van der Waals surface area contributed by atoms with Crippen LogP contribution in [-0.4, -0.2) is 43.3 Å². The summed E-state index contributed by atoms with van der Waals surface area (Å²) < 4.78 is 5.15. The average Bonchev–Trinajstić information content (AvgIpc) is 2.51. The average molecular weight is 336 g/mol. The topological polar surface area (TPSA) is 36.5 Å². The van der Waals surface area contributed by atoms with E-state index in [4.69, 9.17) is 17.0 Å². The van der Waals surface area contributed by atoms with Crippen molar-refractivity contribution >= 4 is 23.0 Å². The summed E-state index contributed by atoms with van der Waals surface area (Å²) in [5.41, 5.74) is 0.974. The Morgan fingerprint density at radius 3 is 2.48 bits per heavy atom. The zero-order chi connectivity index (χ0) is 16.7. The van der Waals surface area contributed by atoms with E-state index in [1.807, 2.05) is 24.3 Å². The van der Waals surface area contributed by atoms with E-state index in [1.54, 1.807) is 7.11 Å². The lowest BCUT2D eigenvalue weighted by atomic mass is 9.92. The third-order valence-corrected chi connectivity index (χ3v) is 4.48. The summed E-state index contributed by atoms with van der Waals surface area (Å²) in [5.74, 6) is 2.49. The molecule has 1 aliphatic rings. The van der Waals surface area contributed by atoms with Gasteiger partial charge < -0.3 is 20.3 Å². The van der Waals surface area contributed by atoms with Crippen molar-refractivity contribution in [2.24, 2.45) is 11.8 Å². The molecule has 2 atom stereocenters. The van der Waals surface area contributed by atoms with Crippen LogP contribution in [0.3, 0.4) is 0 Å². The van der Waals surface area contributed by atoms with Crippen LogP contribution < -0.4 is 15.4 Å². The van der Waals surface area contributed by atoms with Crippen LogP contribution in [-0.2, 0) is 0 Å². The van der Waals surface area contributed by atoms with Gasteiger partial charge in [0, 0.05) is 25.3 Å². The number of methoxy groups -OCH3 is 1. The predicted molar refractivity (Wildman–Crippen MR) is 101 cm³/mol. The van der Waals surface area contributed by atoms with Crippen LogP contribution in [0.5, 0.6) is 5.75 Å². The van der Waals surface area contributed by atoms with Crippen LogP contribution in [0, 0.1) is 11.8 Å². The first-order valence-corrected chi connectivity index (χ1v) is 8.89. The molecule has 1 heterocycles. The molecule has 1 aromatic rings. The molecular formula is C18H29N3OS. The molecule has 0 saturated carbocycles. The molecule has 1 aliphatic heterocycles. The van der Waals surface area contributed by atoms with E-state index in [2.05, 4.69) is 29.4 Å². The minimum absolute atomic E-state index is 0.676. The number of rotatable bonds is 6. The van der Waals surface area contributed by atoms with E-state index in [1.165, 1.54) is 19.5 Å². The summed E-state index contributed by atoms with van der Waals surface area (Å²) in [6.45, 7) is 9.23. The van der Waals surface area contributed by atoms with Crippen LogP contribution in [0.1, 0.15) is 26.7 Å². The Labute approximate surface area is 145 Å². The van der Waals surface area contributed by atoms with Gasteiger partial charge >= 0.3 is 0 Å². The number of benzene rings is 1. The van der Waals surface area contributed by atoms with Gasteiger partial charge in [0.05, 0.1) is 7.11 Å². The predicted octanol–water partition coefficient (Wildman–Crippen LogP) is 3.35. The maximum Gasteiger partial charge on any atom is 0.170 e. The third-order valence-electron chi connectivity index (χ3n) is 4.23. The zero-order valence-corrected chi connectivity index (χ0v) is 15.3. The molecule has 0 aliphatic carbocycles. The molecule has 0 amide bonds. The summed E-state index contributed by atoms with van der Waals surface area (Å²) >= 11 is 5.34. The van der Waals surface area contributed by atoms with Crippen molar-refractivity contribution in [3.8, 4) is 5.75 Å². The number of likely N-dealkylation sites (tertiary alicyclic amines) is 1. The van der Waals surface area contributed by atoms with Gasteiger partial charge in [0.2, 0.25) is 0 Å². The molecule has 1 aromatic carbocycles. The van der Waals surface area contributed by atoms with Gasteiger partial charge in [0.1, 0.15) is 5.75 Å². The fourth-order valence-corrected chi connectivity index (χ4v) is 3.55. The van der Waals surface area contributed by atoms with Crippen molar-refractivity contribution in [3.05, 3.63) is 24.3 Å². The molecule has 0 radical (unpaired) electrons. The standard InChI is InChI=1S/C18H29N3OS/c1-14-11-15(2)13-21(12-14)10-4-9-19-18(23)20-16-5-7-17(22-3)8-6-16/h5-8,14-15H,4,9-13H2,1-3H3,(H2,19,20,23). The van der Waals surface area contributed by atoms with Crippen LogP contribution in [0.4, 0.5) is 5.69 Å². The second kappa shape index (κ2) is 9.08. The molecule has 0 bridgehead atoms. The largest absolute Gasteiger partial charge is 0.497 e. The molecule has 1 saturated heterocycles. The number of hydrogen-bond donors (Lipinski definition) is 2. The van der Waals surface area contributed by atoms with Crippen molar-refractivity contribution in [2.45, 2.75) is 26.7 Å². The molecule has 0 spiro atoms. The normalized spacial score (nSPS) is 21.7. The number of nitrogens with one attached hydrogen (secondary N) is 2. The number of thiocarbonyl (C=S) groups is 1. The fraction of sp³-hybridized carbons (Fsp3) is 0.611. The van der Waals surface area contributed by atoms with Crippen molar-refractivity contribution in [2.75, 3.05) is 38.6 Å². The molecule has 4 nitrogen and oxygen atoms in total. The highest BCUT2D eigenvalue weighted by atomic mass is 32.1. The second-order valence-electron chi connectivity index (χ2n) is 6.67. The van der Waals surface area contributed by atoms with Gasteiger partial charge in [-0.05, 0) is 67.7 Å². The van der Waals surface area contributed by atoms with Gasteiger partial charge in [-0.1, -0.05) is 13.8 Å².